The zero-order valence-corrected chi connectivity index (χ0v) is 17.2. The van der Waals surface area contributed by atoms with Crippen LogP contribution in [0.15, 0.2) is 42.5 Å². The summed E-state index contributed by atoms with van der Waals surface area (Å²) >= 11 is 0. The highest BCUT2D eigenvalue weighted by Crippen LogP contribution is 2.27. The summed E-state index contributed by atoms with van der Waals surface area (Å²) < 4.78 is 20.6. The van der Waals surface area contributed by atoms with E-state index in [0.29, 0.717) is 35.8 Å². The van der Waals surface area contributed by atoms with Crippen molar-refractivity contribution in [2.24, 2.45) is 0 Å². The fourth-order valence-corrected chi connectivity index (χ4v) is 2.55. The third-order valence-electron chi connectivity index (χ3n) is 4.17. The third kappa shape index (κ3) is 7.12. The molecule has 0 radical (unpaired) electrons. The van der Waals surface area contributed by atoms with Crippen LogP contribution in [0.3, 0.4) is 0 Å². The molecule has 0 bridgehead atoms. The molecule has 0 aliphatic rings. The molecule has 2 aromatic rings. The summed E-state index contributed by atoms with van der Waals surface area (Å²) in [5, 5.41) is 2.68. The fourth-order valence-electron chi connectivity index (χ4n) is 2.55. The highest BCUT2D eigenvalue weighted by molar-refractivity contribution is 5.94. The van der Waals surface area contributed by atoms with Crippen molar-refractivity contribution in [2.45, 2.75) is 13.3 Å². The lowest BCUT2D eigenvalue weighted by molar-refractivity contribution is -0.150. The van der Waals surface area contributed by atoms with Gasteiger partial charge >= 0.3 is 5.97 Å². The van der Waals surface area contributed by atoms with Crippen LogP contribution in [0.25, 0.3) is 0 Å². The Bertz CT molecular complexity index is 878. The number of Topliss-reactive ketones (excluding diaryl/α,β-unsaturated/α-hetero) is 1. The molecule has 0 aliphatic heterocycles. The van der Waals surface area contributed by atoms with Gasteiger partial charge in [-0.05, 0) is 55.3 Å². The first kappa shape index (κ1) is 22.7. The van der Waals surface area contributed by atoms with E-state index in [-0.39, 0.29) is 12.4 Å². The minimum Gasteiger partial charge on any atom is -0.493 e. The molecule has 8 heteroatoms. The van der Waals surface area contributed by atoms with Crippen LogP contribution in [0.1, 0.15) is 22.8 Å². The van der Waals surface area contributed by atoms with Crippen molar-refractivity contribution in [3.05, 3.63) is 53.6 Å². The lowest BCUT2D eigenvalue weighted by Gasteiger charge is -2.10. The van der Waals surface area contributed by atoms with E-state index >= 15 is 0 Å². The molecular weight excluding hydrogens is 390 g/mol. The van der Waals surface area contributed by atoms with Gasteiger partial charge in [-0.25, -0.2) is 4.79 Å². The third-order valence-corrected chi connectivity index (χ3v) is 4.17. The molecule has 1 N–H and O–H groups in total. The summed E-state index contributed by atoms with van der Waals surface area (Å²) in [6, 6.07) is 11.9. The Hall–Kier alpha value is -3.55. The molecule has 0 spiro atoms. The molecule has 0 fully saturated rings. The van der Waals surface area contributed by atoms with Crippen molar-refractivity contribution < 1.29 is 33.3 Å². The Balaban J connectivity index is 1.66. The molecule has 160 valence electrons. The monoisotopic (exact) mass is 415 g/mol. The SMILES string of the molecule is COc1ccc(CCNC(=O)COC(=O)COc2ccc(C(C)=O)cc2)cc1OC. The van der Waals surface area contributed by atoms with Crippen LogP contribution in [0.2, 0.25) is 0 Å². The second-order valence-electron chi connectivity index (χ2n) is 6.32. The number of carbonyl (C=O) groups excluding carboxylic acids is 3. The van der Waals surface area contributed by atoms with Gasteiger partial charge in [-0.15, -0.1) is 0 Å². The Morgan fingerprint density at radius 2 is 1.60 bits per heavy atom. The molecule has 0 heterocycles. The van der Waals surface area contributed by atoms with E-state index in [9.17, 15) is 14.4 Å². The van der Waals surface area contributed by atoms with E-state index in [4.69, 9.17) is 18.9 Å². The number of methoxy groups -OCH3 is 2. The van der Waals surface area contributed by atoms with Crippen LogP contribution in [0.4, 0.5) is 0 Å². The molecule has 0 aliphatic carbocycles. The number of benzene rings is 2. The number of carbonyl (C=O) groups is 3. The minimum absolute atomic E-state index is 0.0573. The highest BCUT2D eigenvalue weighted by atomic mass is 16.6. The van der Waals surface area contributed by atoms with Gasteiger partial charge < -0.3 is 24.3 Å². The smallest absolute Gasteiger partial charge is 0.344 e. The van der Waals surface area contributed by atoms with Crippen LogP contribution in [-0.2, 0) is 20.7 Å². The minimum atomic E-state index is -0.666. The lowest BCUT2D eigenvalue weighted by Crippen LogP contribution is -2.31. The molecule has 0 aromatic heterocycles. The number of ether oxygens (including phenoxy) is 4. The van der Waals surface area contributed by atoms with E-state index in [1.165, 1.54) is 6.92 Å². The Kier molecular flexibility index (Phi) is 8.68. The molecule has 0 atom stereocenters. The summed E-state index contributed by atoms with van der Waals surface area (Å²) in [6.45, 7) is 1.12. The summed E-state index contributed by atoms with van der Waals surface area (Å²) in [5.74, 6) is 0.546. The second-order valence-corrected chi connectivity index (χ2v) is 6.32. The predicted molar refractivity (Wildman–Crippen MR) is 109 cm³/mol. The van der Waals surface area contributed by atoms with E-state index in [1.54, 1.807) is 44.6 Å². The van der Waals surface area contributed by atoms with Gasteiger partial charge in [-0.2, -0.15) is 0 Å². The van der Waals surface area contributed by atoms with Crippen molar-refractivity contribution >= 4 is 17.7 Å². The number of rotatable bonds is 11. The quantitative estimate of drug-likeness (QED) is 0.443. The molecule has 30 heavy (non-hydrogen) atoms. The van der Waals surface area contributed by atoms with Crippen LogP contribution in [0, 0.1) is 0 Å². The first-order valence-corrected chi connectivity index (χ1v) is 9.30. The van der Waals surface area contributed by atoms with Gasteiger partial charge in [-0.3, -0.25) is 9.59 Å². The maximum absolute atomic E-state index is 11.8. The molecule has 0 saturated heterocycles. The van der Waals surface area contributed by atoms with Gasteiger partial charge in [0.05, 0.1) is 14.2 Å². The average molecular weight is 415 g/mol. The molecule has 2 aromatic carbocycles. The average Bonchev–Trinajstić information content (AvgIpc) is 2.76. The van der Waals surface area contributed by atoms with Crippen LogP contribution < -0.4 is 19.5 Å². The number of amides is 1. The van der Waals surface area contributed by atoms with Crippen molar-refractivity contribution in [3.63, 3.8) is 0 Å². The van der Waals surface area contributed by atoms with Crippen molar-refractivity contribution in [3.8, 4) is 17.2 Å². The van der Waals surface area contributed by atoms with Gasteiger partial charge in [0.15, 0.2) is 30.5 Å². The fraction of sp³-hybridized carbons (Fsp3) is 0.318. The normalized spacial score (nSPS) is 10.1. The number of hydrogen-bond acceptors (Lipinski definition) is 7. The number of nitrogens with one attached hydrogen (secondary N) is 1. The summed E-state index contributed by atoms with van der Waals surface area (Å²) in [6.07, 6.45) is 0.583. The largest absolute Gasteiger partial charge is 0.493 e. The second kappa shape index (κ2) is 11.5. The molecule has 0 saturated carbocycles. The summed E-state index contributed by atoms with van der Waals surface area (Å²) in [7, 11) is 3.12. The summed E-state index contributed by atoms with van der Waals surface area (Å²) in [5.41, 5.74) is 1.52. The summed E-state index contributed by atoms with van der Waals surface area (Å²) in [4.78, 5) is 34.8. The van der Waals surface area contributed by atoms with E-state index in [2.05, 4.69) is 5.32 Å². The molecular formula is C22H25NO7. The zero-order valence-electron chi connectivity index (χ0n) is 17.2. The molecule has 1 amide bonds. The molecule has 0 unspecified atom stereocenters. The first-order chi connectivity index (χ1) is 14.4. The number of hydrogen-bond donors (Lipinski definition) is 1. The highest BCUT2D eigenvalue weighted by Gasteiger charge is 2.09. The number of ketones is 1. The number of esters is 1. The van der Waals surface area contributed by atoms with E-state index in [0.717, 1.165) is 5.56 Å². The van der Waals surface area contributed by atoms with Gasteiger partial charge in [0, 0.05) is 12.1 Å². The van der Waals surface area contributed by atoms with Gasteiger partial charge in [0.2, 0.25) is 0 Å². The van der Waals surface area contributed by atoms with Crippen molar-refractivity contribution in [1.82, 2.24) is 5.32 Å². The zero-order chi connectivity index (χ0) is 21.9. The Morgan fingerprint density at radius 1 is 0.900 bits per heavy atom. The topological polar surface area (TPSA) is 100 Å². The molecule has 2 rings (SSSR count). The van der Waals surface area contributed by atoms with Crippen LogP contribution in [0.5, 0.6) is 17.2 Å². The van der Waals surface area contributed by atoms with Gasteiger partial charge in [0.25, 0.3) is 5.91 Å². The van der Waals surface area contributed by atoms with E-state index < -0.39 is 18.5 Å². The van der Waals surface area contributed by atoms with Crippen LogP contribution in [-0.4, -0.2) is 51.6 Å². The Morgan fingerprint density at radius 3 is 2.23 bits per heavy atom. The van der Waals surface area contributed by atoms with Crippen molar-refractivity contribution in [2.75, 3.05) is 34.0 Å². The van der Waals surface area contributed by atoms with Gasteiger partial charge in [0.1, 0.15) is 5.75 Å². The lowest BCUT2D eigenvalue weighted by atomic mass is 10.1. The first-order valence-electron chi connectivity index (χ1n) is 9.30. The molecule has 8 nitrogen and oxygen atoms in total. The van der Waals surface area contributed by atoms with E-state index in [1.807, 2.05) is 12.1 Å². The van der Waals surface area contributed by atoms with Crippen LogP contribution >= 0.6 is 0 Å². The maximum atomic E-state index is 11.8. The Labute approximate surface area is 175 Å². The van der Waals surface area contributed by atoms with Crippen molar-refractivity contribution in [1.29, 1.82) is 0 Å². The standard InChI is InChI=1S/C22H25NO7/c1-15(24)17-5-7-18(8-6-17)29-14-22(26)30-13-21(25)23-11-10-16-4-9-19(27-2)20(12-16)28-3/h4-9,12H,10-11,13-14H2,1-3H3,(H,23,25). The predicted octanol–water partition coefficient (Wildman–Crippen LogP) is 2.19. The van der Waals surface area contributed by atoms with Gasteiger partial charge in [-0.1, -0.05) is 6.07 Å². The maximum Gasteiger partial charge on any atom is 0.344 e.